The first-order valence-electron chi connectivity index (χ1n) is 9.83. The lowest BCUT2D eigenvalue weighted by molar-refractivity contribution is -0.120. The number of anilines is 1. The van der Waals surface area contributed by atoms with Gasteiger partial charge >= 0.3 is 17.1 Å². The zero-order valence-electron chi connectivity index (χ0n) is 17.1. The van der Waals surface area contributed by atoms with Gasteiger partial charge in [-0.25, -0.2) is 37.4 Å². The third-order valence-corrected chi connectivity index (χ3v) is 5.92. The van der Waals surface area contributed by atoms with E-state index in [1.165, 1.54) is 13.1 Å². The summed E-state index contributed by atoms with van der Waals surface area (Å²) in [4.78, 5) is 64.4. The number of imide groups is 1. The molecule has 1 aliphatic carbocycles. The first-order chi connectivity index (χ1) is 15.2. The Balaban J connectivity index is 1.95. The maximum Gasteiger partial charge on any atom is 0.341 e. The van der Waals surface area contributed by atoms with Crippen LogP contribution in [0.15, 0.2) is 50.3 Å². The van der Waals surface area contributed by atoms with Gasteiger partial charge in [0.2, 0.25) is 0 Å². The molecule has 9 nitrogen and oxygen atoms in total. The van der Waals surface area contributed by atoms with Gasteiger partial charge in [-0.1, -0.05) is 17.7 Å². The van der Waals surface area contributed by atoms with Gasteiger partial charge < -0.3 is 0 Å². The van der Waals surface area contributed by atoms with Gasteiger partial charge in [0.05, 0.1) is 22.9 Å². The maximum absolute atomic E-state index is 14.9. The van der Waals surface area contributed by atoms with E-state index in [-0.39, 0.29) is 17.3 Å². The van der Waals surface area contributed by atoms with E-state index in [2.05, 4.69) is 6.58 Å². The second-order valence-corrected chi connectivity index (χ2v) is 7.91. The van der Waals surface area contributed by atoms with Crippen molar-refractivity contribution in [2.45, 2.75) is 32.2 Å². The molecule has 1 aromatic heterocycles. The monoisotopic (exact) mass is 460 g/mol. The summed E-state index contributed by atoms with van der Waals surface area (Å²) in [5.41, 5.74) is -2.89. The fourth-order valence-electron chi connectivity index (χ4n) is 4.02. The number of allylic oxidation sites excluding steroid dienone is 1. The number of amides is 2. The highest BCUT2D eigenvalue weighted by Crippen LogP contribution is 2.38. The van der Waals surface area contributed by atoms with Gasteiger partial charge in [0.25, 0.3) is 11.8 Å². The van der Waals surface area contributed by atoms with Gasteiger partial charge in [-0.3, -0.25) is 9.59 Å². The first-order valence-corrected chi connectivity index (χ1v) is 10.2. The molecule has 0 bridgehead atoms. The van der Waals surface area contributed by atoms with E-state index in [1.807, 2.05) is 0 Å². The number of carbonyl (C=O) groups excluding carboxylic acids is 2. The molecule has 0 saturated heterocycles. The minimum Gasteiger partial charge on any atom is -0.269 e. The predicted molar refractivity (Wildman–Crippen MR) is 115 cm³/mol. The normalized spacial score (nSPS) is 16.0. The molecule has 0 radical (unpaired) electrons. The van der Waals surface area contributed by atoms with Crippen LogP contribution in [0.2, 0.25) is 5.02 Å². The summed E-state index contributed by atoms with van der Waals surface area (Å²) in [6, 6.07) is 1.82. The summed E-state index contributed by atoms with van der Waals surface area (Å²) in [7, 11) is 1.17. The molecule has 1 aromatic carbocycles. The molecule has 2 heterocycles. The molecular weight excluding hydrogens is 443 g/mol. The van der Waals surface area contributed by atoms with E-state index in [1.54, 1.807) is 0 Å². The molecule has 32 heavy (non-hydrogen) atoms. The van der Waals surface area contributed by atoms with Crippen molar-refractivity contribution in [3.8, 4) is 5.69 Å². The fourth-order valence-corrected chi connectivity index (χ4v) is 4.25. The Morgan fingerprint density at radius 3 is 2.12 bits per heavy atom. The van der Waals surface area contributed by atoms with Crippen LogP contribution in [-0.2, 0) is 23.2 Å². The molecule has 2 aliphatic rings. The second-order valence-electron chi connectivity index (χ2n) is 7.51. The first kappa shape index (κ1) is 21.7. The molecule has 2 amide bonds. The smallest absolute Gasteiger partial charge is 0.269 e. The zero-order chi connectivity index (χ0) is 23.3. The molecule has 0 atom stereocenters. The van der Waals surface area contributed by atoms with Crippen LogP contribution >= 0.6 is 11.6 Å². The topological polar surface area (TPSA) is 103 Å². The Kier molecular flexibility index (Phi) is 5.33. The van der Waals surface area contributed by atoms with E-state index >= 15 is 0 Å². The molecule has 2 aromatic rings. The summed E-state index contributed by atoms with van der Waals surface area (Å²) < 4.78 is 16.9. The number of hydrogen-bond donors (Lipinski definition) is 0. The standard InChI is InChI=1S/C21H18ClFN4O5/c1-3-8-25-19(30)24(2)20(31)27(21(25)32)15-10-16(14(23)9-13(15)22)26-17(28)11-6-4-5-7-12(11)18(26)29/h3,9-10H,1,4-8H2,2H3. The number of halogens is 2. The molecule has 1 aliphatic heterocycles. The van der Waals surface area contributed by atoms with Crippen LogP contribution in [0.4, 0.5) is 10.1 Å². The minimum atomic E-state index is -1.02. The lowest BCUT2D eigenvalue weighted by Gasteiger charge is -2.19. The van der Waals surface area contributed by atoms with Crippen molar-refractivity contribution in [2.75, 3.05) is 4.90 Å². The molecule has 4 rings (SSSR count). The third-order valence-electron chi connectivity index (χ3n) is 5.62. The summed E-state index contributed by atoms with van der Waals surface area (Å²) in [5.74, 6) is -2.23. The van der Waals surface area contributed by atoms with E-state index in [4.69, 9.17) is 11.6 Å². The minimum absolute atomic E-state index is 0.183. The number of aromatic nitrogens is 3. The van der Waals surface area contributed by atoms with Crippen molar-refractivity contribution in [1.29, 1.82) is 0 Å². The Hall–Kier alpha value is -3.53. The number of nitrogens with zero attached hydrogens (tertiary/aromatic N) is 4. The maximum atomic E-state index is 14.9. The number of hydrogen-bond acceptors (Lipinski definition) is 5. The van der Waals surface area contributed by atoms with Crippen LogP contribution in [0.1, 0.15) is 25.7 Å². The Morgan fingerprint density at radius 2 is 1.56 bits per heavy atom. The van der Waals surface area contributed by atoms with Crippen LogP contribution in [0.25, 0.3) is 5.69 Å². The van der Waals surface area contributed by atoms with Crippen molar-refractivity contribution in [2.24, 2.45) is 7.05 Å². The van der Waals surface area contributed by atoms with Gasteiger partial charge in [0.1, 0.15) is 5.82 Å². The molecule has 166 valence electrons. The van der Waals surface area contributed by atoms with Gasteiger partial charge in [0, 0.05) is 18.2 Å². The number of benzene rings is 1. The molecular formula is C21H18ClFN4O5. The van der Waals surface area contributed by atoms with Crippen molar-refractivity contribution >= 4 is 29.1 Å². The van der Waals surface area contributed by atoms with Crippen LogP contribution in [0, 0.1) is 5.82 Å². The van der Waals surface area contributed by atoms with Crippen LogP contribution in [0.3, 0.4) is 0 Å². The zero-order valence-corrected chi connectivity index (χ0v) is 17.8. The van der Waals surface area contributed by atoms with Crippen LogP contribution in [0.5, 0.6) is 0 Å². The van der Waals surface area contributed by atoms with Crippen molar-refractivity contribution in [3.63, 3.8) is 0 Å². The molecule has 0 unspecified atom stereocenters. The average Bonchev–Trinajstić information content (AvgIpc) is 3.02. The largest absolute Gasteiger partial charge is 0.341 e. The molecule has 0 fully saturated rings. The summed E-state index contributed by atoms with van der Waals surface area (Å²) in [6.45, 7) is 3.30. The van der Waals surface area contributed by atoms with Gasteiger partial charge in [-0.05, 0) is 37.8 Å². The van der Waals surface area contributed by atoms with Crippen LogP contribution in [-0.4, -0.2) is 25.5 Å². The van der Waals surface area contributed by atoms with E-state index in [9.17, 15) is 28.4 Å². The lowest BCUT2D eigenvalue weighted by Crippen LogP contribution is -2.53. The van der Waals surface area contributed by atoms with E-state index < -0.39 is 40.4 Å². The molecule has 0 N–H and O–H groups in total. The highest BCUT2D eigenvalue weighted by molar-refractivity contribution is 6.34. The van der Waals surface area contributed by atoms with Gasteiger partial charge in [0.15, 0.2) is 0 Å². The predicted octanol–water partition coefficient (Wildman–Crippen LogP) is 1.42. The number of rotatable bonds is 4. The van der Waals surface area contributed by atoms with E-state index in [0.717, 1.165) is 29.5 Å². The average molecular weight is 461 g/mol. The third kappa shape index (κ3) is 3.10. The summed E-state index contributed by atoms with van der Waals surface area (Å²) in [6.07, 6.45) is 3.63. The fraction of sp³-hybridized carbons (Fsp3) is 0.286. The Bertz CT molecular complexity index is 1390. The molecule has 0 spiro atoms. The van der Waals surface area contributed by atoms with E-state index in [0.29, 0.717) is 38.0 Å². The highest BCUT2D eigenvalue weighted by atomic mass is 35.5. The Labute approximate surface area is 185 Å². The van der Waals surface area contributed by atoms with Crippen molar-refractivity contribution in [1.82, 2.24) is 13.7 Å². The van der Waals surface area contributed by atoms with Gasteiger partial charge in [-0.15, -0.1) is 6.58 Å². The quantitative estimate of drug-likeness (QED) is 0.507. The van der Waals surface area contributed by atoms with Crippen LogP contribution < -0.4 is 22.0 Å². The van der Waals surface area contributed by atoms with Crippen molar-refractivity contribution in [3.05, 3.63) is 78.2 Å². The highest BCUT2D eigenvalue weighted by Gasteiger charge is 2.41. The SMILES string of the molecule is C=CCn1c(=O)n(C)c(=O)n(-c2cc(N3C(=O)C4=C(CCCC4)C3=O)c(F)cc2Cl)c1=O. The second kappa shape index (κ2) is 7.86. The lowest BCUT2D eigenvalue weighted by atomic mass is 9.93. The molecule has 11 heteroatoms. The number of carbonyl (C=O) groups is 2. The summed E-state index contributed by atoms with van der Waals surface area (Å²) >= 11 is 6.15. The van der Waals surface area contributed by atoms with Crippen molar-refractivity contribution < 1.29 is 14.0 Å². The summed E-state index contributed by atoms with van der Waals surface area (Å²) in [5, 5.41) is -0.314. The Morgan fingerprint density at radius 1 is 0.969 bits per heavy atom. The molecule has 0 saturated carbocycles. The van der Waals surface area contributed by atoms with Gasteiger partial charge in [-0.2, -0.15) is 0 Å².